The fourth-order valence-corrected chi connectivity index (χ4v) is 3.69. The maximum Gasteiger partial charge on any atom is 0.254 e. The standard InChI is InChI=1S/C24H29ClN4O2/c1-17-9-11-19(12-10-17)24(30)28(13-14-31-5)16-22-18(2)26-29(23(22)27(3)4)21-8-6-7-20(25)15-21/h6-12,15H,13-14,16H2,1-5H3. The predicted molar refractivity (Wildman–Crippen MR) is 125 cm³/mol. The molecule has 2 aromatic carbocycles. The van der Waals surface area contributed by atoms with Gasteiger partial charge in [-0.2, -0.15) is 5.10 Å². The van der Waals surface area contributed by atoms with E-state index < -0.39 is 0 Å². The molecule has 7 heteroatoms. The molecule has 31 heavy (non-hydrogen) atoms. The first-order valence-corrected chi connectivity index (χ1v) is 10.6. The number of aryl methyl sites for hydroxylation is 2. The Morgan fingerprint density at radius 2 is 1.84 bits per heavy atom. The second-order valence-corrected chi connectivity index (χ2v) is 8.20. The monoisotopic (exact) mass is 440 g/mol. The van der Waals surface area contributed by atoms with E-state index in [9.17, 15) is 4.79 Å². The molecule has 0 fully saturated rings. The molecule has 0 spiro atoms. The lowest BCUT2D eigenvalue weighted by Crippen LogP contribution is -2.34. The van der Waals surface area contributed by atoms with Gasteiger partial charge in [-0.05, 0) is 44.2 Å². The molecule has 1 amide bonds. The number of hydrogen-bond acceptors (Lipinski definition) is 4. The van der Waals surface area contributed by atoms with E-state index in [2.05, 4.69) is 0 Å². The van der Waals surface area contributed by atoms with E-state index >= 15 is 0 Å². The molecule has 0 unspecified atom stereocenters. The highest BCUT2D eigenvalue weighted by molar-refractivity contribution is 6.30. The number of methoxy groups -OCH3 is 1. The van der Waals surface area contributed by atoms with Crippen molar-refractivity contribution < 1.29 is 9.53 Å². The summed E-state index contributed by atoms with van der Waals surface area (Å²) in [5, 5.41) is 5.41. The molecule has 164 valence electrons. The van der Waals surface area contributed by atoms with Gasteiger partial charge in [0.25, 0.3) is 5.91 Å². The molecule has 0 saturated carbocycles. The van der Waals surface area contributed by atoms with Crippen LogP contribution in [0.1, 0.15) is 27.2 Å². The third-order valence-electron chi connectivity index (χ3n) is 5.13. The van der Waals surface area contributed by atoms with E-state index in [0.29, 0.717) is 30.3 Å². The van der Waals surface area contributed by atoms with Gasteiger partial charge < -0.3 is 14.5 Å². The maximum atomic E-state index is 13.3. The summed E-state index contributed by atoms with van der Waals surface area (Å²) in [6.45, 7) is 5.34. The van der Waals surface area contributed by atoms with Gasteiger partial charge in [-0.15, -0.1) is 0 Å². The molecule has 0 radical (unpaired) electrons. The highest BCUT2D eigenvalue weighted by atomic mass is 35.5. The molecule has 0 aliphatic rings. The summed E-state index contributed by atoms with van der Waals surface area (Å²) in [4.78, 5) is 17.1. The number of aromatic nitrogens is 2. The molecule has 0 aliphatic heterocycles. The average molecular weight is 441 g/mol. The quantitative estimate of drug-likeness (QED) is 0.517. The molecule has 0 atom stereocenters. The van der Waals surface area contributed by atoms with Gasteiger partial charge in [-0.25, -0.2) is 4.68 Å². The maximum absolute atomic E-state index is 13.3. The zero-order valence-electron chi connectivity index (χ0n) is 18.7. The van der Waals surface area contributed by atoms with Crippen LogP contribution in [0.15, 0.2) is 48.5 Å². The van der Waals surface area contributed by atoms with E-state index in [1.165, 1.54) is 0 Å². The van der Waals surface area contributed by atoms with Crippen LogP contribution in [0.25, 0.3) is 5.69 Å². The van der Waals surface area contributed by atoms with Crippen molar-refractivity contribution in [3.05, 3.63) is 75.9 Å². The lowest BCUT2D eigenvalue weighted by Gasteiger charge is -2.25. The second kappa shape index (κ2) is 9.98. The van der Waals surface area contributed by atoms with Gasteiger partial charge >= 0.3 is 0 Å². The summed E-state index contributed by atoms with van der Waals surface area (Å²) in [5.74, 6) is 0.885. The Bertz CT molecular complexity index is 1040. The summed E-state index contributed by atoms with van der Waals surface area (Å²) < 4.78 is 7.15. The number of benzene rings is 2. The van der Waals surface area contributed by atoms with Crippen LogP contribution in [0.5, 0.6) is 0 Å². The molecule has 0 bridgehead atoms. The molecule has 1 aromatic heterocycles. The number of anilines is 1. The van der Waals surface area contributed by atoms with Crippen LogP contribution in [0.2, 0.25) is 5.02 Å². The van der Waals surface area contributed by atoms with Crippen LogP contribution >= 0.6 is 11.6 Å². The lowest BCUT2D eigenvalue weighted by atomic mass is 10.1. The zero-order chi connectivity index (χ0) is 22.5. The van der Waals surface area contributed by atoms with Crippen molar-refractivity contribution in [3.63, 3.8) is 0 Å². The van der Waals surface area contributed by atoms with Crippen LogP contribution in [0.4, 0.5) is 5.82 Å². The molecule has 3 rings (SSSR count). The normalized spacial score (nSPS) is 10.9. The minimum Gasteiger partial charge on any atom is -0.383 e. The fraction of sp³-hybridized carbons (Fsp3) is 0.333. The van der Waals surface area contributed by atoms with E-state index in [1.807, 2.05) is 91.0 Å². The molecule has 6 nitrogen and oxygen atoms in total. The SMILES string of the molecule is COCCN(Cc1c(C)nn(-c2cccc(Cl)c2)c1N(C)C)C(=O)c1ccc(C)cc1. The highest BCUT2D eigenvalue weighted by Gasteiger charge is 2.23. The third kappa shape index (κ3) is 5.27. The minimum absolute atomic E-state index is 0.0309. The number of amides is 1. The molecular formula is C24H29ClN4O2. The minimum atomic E-state index is -0.0309. The van der Waals surface area contributed by atoms with Crippen LogP contribution < -0.4 is 4.90 Å². The van der Waals surface area contributed by atoms with Gasteiger partial charge in [-0.3, -0.25) is 4.79 Å². The lowest BCUT2D eigenvalue weighted by molar-refractivity contribution is 0.0680. The van der Waals surface area contributed by atoms with Gasteiger partial charge in [0.05, 0.1) is 24.5 Å². The first kappa shape index (κ1) is 22.8. The second-order valence-electron chi connectivity index (χ2n) is 7.76. The van der Waals surface area contributed by atoms with E-state index in [1.54, 1.807) is 7.11 Å². The molecular weight excluding hydrogens is 412 g/mol. The average Bonchev–Trinajstić information content (AvgIpc) is 3.07. The Hall–Kier alpha value is -2.83. The van der Waals surface area contributed by atoms with Gasteiger partial charge in [0.15, 0.2) is 0 Å². The van der Waals surface area contributed by atoms with E-state index in [-0.39, 0.29) is 5.91 Å². The first-order chi connectivity index (χ1) is 14.8. The number of carbonyl (C=O) groups is 1. The van der Waals surface area contributed by atoms with Crippen molar-refractivity contribution in [1.82, 2.24) is 14.7 Å². The largest absolute Gasteiger partial charge is 0.383 e. The Balaban J connectivity index is 2.00. The van der Waals surface area contributed by atoms with Crippen LogP contribution in [0.3, 0.4) is 0 Å². The molecule has 0 N–H and O–H groups in total. The van der Waals surface area contributed by atoms with Gasteiger partial charge in [0.2, 0.25) is 0 Å². The van der Waals surface area contributed by atoms with Gasteiger partial charge in [0, 0.05) is 43.9 Å². The predicted octanol–water partition coefficient (Wildman–Crippen LogP) is 4.50. The summed E-state index contributed by atoms with van der Waals surface area (Å²) in [5.41, 5.74) is 4.50. The zero-order valence-corrected chi connectivity index (χ0v) is 19.5. The van der Waals surface area contributed by atoms with E-state index in [4.69, 9.17) is 21.4 Å². The molecule has 0 saturated heterocycles. The topological polar surface area (TPSA) is 50.6 Å². The number of nitrogens with zero attached hydrogens (tertiary/aromatic N) is 4. The molecule has 3 aromatic rings. The number of rotatable bonds is 8. The van der Waals surface area contributed by atoms with Crippen molar-refractivity contribution >= 4 is 23.3 Å². The van der Waals surface area contributed by atoms with Crippen molar-refractivity contribution in [1.29, 1.82) is 0 Å². The third-order valence-corrected chi connectivity index (χ3v) is 5.37. The van der Waals surface area contributed by atoms with Gasteiger partial charge in [0.1, 0.15) is 5.82 Å². The van der Waals surface area contributed by atoms with Crippen molar-refractivity contribution in [2.45, 2.75) is 20.4 Å². The highest BCUT2D eigenvalue weighted by Crippen LogP contribution is 2.28. The Kier molecular flexibility index (Phi) is 7.36. The van der Waals surface area contributed by atoms with Gasteiger partial charge in [-0.1, -0.05) is 35.4 Å². The van der Waals surface area contributed by atoms with Crippen LogP contribution in [-0.2, 0) is 11.3 Å². The number of ether oxygens (including phenoxy) is 1. The Morgan fingerprint density at radius 1 is 1.13 bits per heavy atom. The summed E-state index contributed by atoms with van der Waals surface area (Å²) in [6, 6.07) is 15.2. The van der Waals surface area contributed by atoms with Crippen molar-refractivity contribution in [2.24, 2.45) is 0 Å². The Morgan fingerprint density at radius 3 is 2.45 bits per heavy atom. The van der Waals surface area contributed by atoms with Crippen LogP contribution in [-0.4, -0.2) is 54.9 Å². The molecule has 1 heterocycles. The van der Waals surface area contributed by atoms with E-state index in [0.717, 1.165) is 28.3 Å². The number of hydrogen-bond donors (Lipinski definition) is 0. The summed E-state index contributed by atoms with van der Waals surface area (Å²) in [7, 11) is 5.59. The fourth-order valence-electron chi connectivity index (χ4n) is 3.50. The summed E-state index contributed by atoms with van der Waals surface area (Å²) >= 11 is 6.21. The first-order valence-electron chi connectivity index (χ1n) is 10.2. The van der Waals surface area contributed by atoms with Crippen LogP contribution in [0, 0.1) is 13.8 Å². The molecule has 0 aliphatic carbocycles. The van der Waals surface area contributed by atoms with Crippen molar-refractivity contribution in [3.8, 4) is 5.69 Å². The number of halogens is 1. The summed E-state index contributed by atoms with van der Waals surface area (Å²) in [6.07, 6.45) is 0. The number of carbonyl (C=O) groups excluding carboxylic acids is 1. The Labute approximate surface area is 189 Å². The van der Waals surface area contributed by atoms with Crippen molar-refractivity contribution in [2.75, 3.05) is 39.3 Å². The smallest absolute Gasteiger partial charge is 0.254 e.